The predicted octanol–water partition coefficient (Wildman–Crippen LogP) is 5.25. The largest absolute Gasteiger partial charge is 0.489 e. The highest BCUT2D eigenvalue weighted by atomic mass is 19.1. The second kappa shape index (κ2) is 7.23. The molecule has 0 amide bonds. The standard InChI is InChI=1S/C20H18F2N2O2/c21-17-9-4-10-18(22)16(17)12-25-15-8-3-7-14(11-15)19-23-20(26-24-19)13-5-1-2-6-13/h3-4,7-11,13H,1-2,5-6,12H2. The molecule has 3 aromatic rings. The van der Waals surface area contributed by atoms with E-state index in [2.05, 4.69) is 10.1 Å². The van der Waals surface area contributed by atoms with Gasteiger partial charge in [-0.1, -0.05) is 36.2 Å². The van der Waals surface area contributed by atoms with E-state index in [0.717, 1.165) is 18.4 Å². The van der Waals surface area contributed by atoms with E-state index in [0.29, 0.717) is 23.4 Å². The van der Waals surface area contributed by atoms with E-state index in [9.17, 15) is 8.78 Å². The predicted molar refractivity (Wildman–Crippen MR) is 91.6 cm³/mol. The number of halogens is 2. The molecule has 1 fully saturated rings. The first-order valence-corrected chi connectivity index (χ1v) is 8.70. The average molecular weight is 356 g/mol. The van der Waals surface area contributed by atoms with Gasteiger partial charge >= 0.3 is 0 Å². The Morgan fingerprint density at radius 3 is 2.54 bits per heavy atom. The monoisotopic (exact) mass is 356 g/mol. The van der Waals surface area contributed by atoms with Crippen molar-refractivity contribution in [3.05, 3.63) is 65.6 Å². The van der Waals surface area contributed by atoms with Crippen LogP contribution in [0.1, 0.15) is 43.1 Å². The molecule has 1 aliphatic carbocycles. The van der Waals surface area contributed by atoms with E-state index >= 15 is 0 Å². The quantitative estimate of drug-likeness (QED) is 0.626. The van der Waals surface area contributed by atoms with Gasteiger partial charge in [0, 0.05) is 11.5 Å². The van der Waals surface area contributed by atoms with Gasteiger partial charge in [0.2, 0.25) is 11.7 Å². The van der Waals surface area contributed by atoms with Crippen LogP contribution in [0.5, 0.6) is 5.75 Å². The summed E-state index contributed by atoms with van der Waals surface area (Å²) in [5.74, 6) is 0.754. The fourth-order valence-corrected chi connectivity index (χ4v) is 3.24. The number of benzene rings is 2. The highest BCUT2D eigenvalue weighted by Crippen LogP contribution is 2.34. The van der Waals surface area contributed by atoms with Crippen LogP contribution in [0.3, 0.4) is 0 Å². The summed E-state index contributed by atoms with van der Waals surface area (Å²) in [4.78, 5) is 4.50. The molecule has 6 heteroatoms. The molecular weight excluding hydrogens is 338 g/mol. The Labute approximate surface area is 149 Å². The van der Waals surface area contributed by atoms with Crippen molar-refractivity contribution in [3.8, 4) is 17.1 Å². The summed E-state index contributed by atoms with van der Waals surface area (Å²) >= 11 is 0. The molecule has 0 atom stereocenters. The molecule has 0 spiro atoms. The summed E-state index contributed by atoms with van der Waals surface area (Å²) in [6.45, 7) is -0.193. The molecular formula is C20H18F2N2O2. The maximum atomic E-state index is 13.7. The Morgan fingerprint density at radius 1 is 1.04 bits per heavy atom. The molecule has 0 unspecified atom stereocenters. The Kier molecular flexibility index (Phi) is 4.65. The van der Waals surface area contributed by atoms with Crippen LogP contribution in [-0.2, 0) is 6.61 Å². The zero-order valence-electron chi connectivity index (χ0n) is 14.1. The minimum absolute atomic E-state index is 0.0963. The van der Waals surface area contributed by atoms with Crippen LogP contribution in [0.2, 0.25) is 0 Å². The minimum Gasteiger partial charge on any atom is -0.489 e. The molecule has 4 rings (SSSR count). The molecule has 0 saturated heterocycles. The Hall–Kier alpha value is -2.76. The van der Waals surface area contributed by atoms with Crippen molar-refractivity contribution in [2.24, 2.45) is 0 Å². The Morgan fingerprint density at radius 2 is 1.77 bits per heavy atom. The van der Waals surface area contributed by atoms with Gasteiger partial charge in [0.15, 0.2) is 0 Å². The highest BCUT2D eigenvalue weighted by Gasteiger charge is 2.23. The van der Waals surface area contributed by atoms with Crippen LogP contribution >= 0.6 is 0 Å². The lowest BCUT2D eigenvalue weighted by Crippen LogP contribution is -2.01. The van der Waals surface area contributed by atoms with Crippen molar-refractivity contribution >= 4 is 0 Å². The number of aromatic nitrogens is 2. The van der Waals surface area contributed by atoms with Crippen molar-refractivity contribution in [2.45, 2.75) is 38.2 Å². The molecule has 0 aliphatic heterocycles. The third-order valence-corrected chi connectivity index (χ3v) is 4.68. The first kappa shape index (κ1) is 16.7. The molecule has 1 aromatic heterocycles. The molecule has 0 N–H and O–H groups in total. The Balaban J connectivity index is 1.50. The van der Waals surface area contributed by atoms with E-state index in [4.69, 9.17) is 9.26 Å². The zero-order valence-corrected chi connectivity index (χ0v) is 14.1. The Bertz CT molecular complexity index is 884. The first-order valence-electron chi connectivity index (χ1n) is 8.70. The van der Waals surface area contributed by atoms with Gasteiger partial charge in [-0.05, 0) is 37.1 Å². The van der Waals surface area contributed by atoms with Gasteiger partial charge < -0.3 is 9.26 Å². The molecule has 1 heterocycles. The molecule has 1 aliphatic rings. The van der Waals surface area contributed by atoms with Crippen LogP contribution in [0.25, 0.3) is 11.4 Å². The molecule has 0 radical (unpaired) electrons. The first-order chi connectivity index (χ1) is 12.7. The SMILES string of the molecule is Fc1cccc(F)c1COc1cccc(-c2noc(C3CCCC3)n2)c1. The summed E-state index contributed by atoms with van der Waals surface area (Å²) in [6, 6.07) is 10.8. The van der Waals surface area contributed by atoms with Crippen LogP contribution in [-0.4, -0.2) is 10.1 Å². The van der Waals surface area contributed by atoms with Gasteiger partial charge in [-0.15, -0.1) is 0 Å². The van der Waals surface area contributed by atoms with Crippen molar-refractivity contribution in [1.82, 2.24) is 10.1 Å². The topological polar surface area (TPSA) is 48.2 Å². The van der Waals surface area contributed by atoms with E-state index < -0.39 is 11.6 Å². The summed E-state index contributed by atoms with van der Waals surface area (Å²) in [5.41, 5.74) is 0.644. The summed E-state index contributed by atoms with van der Waals surface area (Å²) < 4.78 is 38.4. The molecule has 1 saturated carbocycles. The van der Waals surface area contributed by atoms with E-state index in [-0.39, 0.29) is 12.2 Å². The van der Waals surface area contributed by atoms with Crippen LogP contribution in [0.4, 0.5) is 8.78 Å². The molecule has 2 aromatic carbocycles. The van der Waals surface area contributed by atoms with E-state index in [1.165, 1.54) is 31.0 Å². The van der Waals surface area contributed by atoms with Crippen molar-refractivity contribution in [1.29, 1.82) is 0 Å². The van der Waals surface area contributed by atoms with E-state index in [1.54, 1.807) is 18.2 Å². The fourth-order valence-electron chi connectivity index (χ4n) is 3.24. The number of ether oxygens (including phenoxy) is 1. The third-order valence-electron chi connectivity index (χ3n) is 4.68. The normalized spacial score (nSPS) is 14.7. The van der Waals surface area contributed by atoms with Gasteiger partial charge in [-0.3, -0.25) is 0 Å². The van der Waals surface area contributed by atoms with Crippen molar-refractivity contribution in [2.75, 3.05) is 0 Å². The lowest BCUT2D eigenvalue weighted by molar-refractivity contribution is 0.292. The lowest BCUT2D eigenvalue weighted by atomic mass is 10.1. The molecule has 134 valence electrons. The summed E-state index contributed by atoms with van der Waals surface area (Å²) in [7, 11) is 0. The van der Waals surface area contributed by atoms with Gasteiger partial charge in [0.05, 0.1) is 5.56 Å². The second-order valence-electron chi connectivity index (χ2n) is 6.45. The second-order valence-corrected chi connectivity index (χ2v) is 6.45. The zero-order chi connectivity index (χ0) is 17.9. The molecule has 0 bridgehead atoms. The van der Waals surface area contributed by atoms with Crippen LogP contribution < -0.4 is 4.74 Å². The van der Waals surface area contributed by atoms with Gasteiger partial charge in [-0.2, -0.15) is 4.98 Å². The average Bonchev–Trinajstić information content (AvgIpc) is 3.33. The van der Waals surface area contributed by atoms with Crippen LogP contribution in [0, 0.1) is 11.6 Å². The maximum Gasteiger partial charge on any atom is 0.230 e. The fraction of sp³-hybridized carbons (Fsp3) is 0.300. The van der Waals surface area contributed by atoms with Gasteiger partial charge in [-0.25, -0.2) is 8.78 Å². The van der Waals surface area contributed by atoms with Crippen molar-refractivity contribution < 1.29 is 18.0 Å². The molecule has 26 heavy (non-hydrogen) atoms. The van der Waals surface area contributed by atoms with E-state index in [1.807, 2.05) is 6.07 Å². The number of hydrogen-bond donors (Lipinski definition) is 0. The number of rotatable bonds is 5. The smallest absolute Gasteiger partial charge is 0.230 e. The maximum absolute atomic E-state index is 13.7. The highest BCUT2D eigenvalue weighted by molar-refractivity contribution is 5.56. The third kappa shape index (κ3) is 3.45. The lowest BCUT2D eigenvalue weighted by Gasteiger charge is -2.08. The molecule has 4 nitrogen and oxygen atoms in total. The summed E-state index contributed by atoms with van der Waals surface area (Å²) in [5, 5.41) is 4.06. The number of nitrogens with zero attached hydrogens (tertiary/aromatic N) is 2. The summed E-state index contributed by atoms with van der Waals surface area (Å²) in [6.07, 6.45) is 4.55. The number of hydrogen-bond acceptors (Lipinski definition) is 4. The van der Waals surface area contributed by atoms with Crippen molar-refractivity contribution in [3.63, 3.8) is 0 Å². The van der Waals surface area contributed by atoms with Gasteiger partial charge in [0.1, 0.15) is 24.0 Å². The minimum atomic E-state index is -0.625. The van der Waals surface area contributed by atoms with Crippen LogP contribution in [0.15, 0.2) is 47.0 Å². The van der Waals surface area contributed by atoms with Gasteiger partial charge in [0.25, 0.3) is 0 Å².